The zero-order valence-corrected chi connectivity index (χ0v) is 19.5. The van der Waals surface area contributed by atoms with Crippen LogP contribution in [-0.2, 0) is 22.3 Å². The van der Waals surface area contributed by atoms with Gasteiger partial charge in [0, 0.05) is 10.8 Å². The summed E-state index contributed by atoms with van der Waals surface area (Å²) in [5, 5.41) is 10.1. The monoisotopic (exact) mass is 484 g/mol. The number of thioether (sulfide) groups is 1. The van der Waals surface area contributed by atoms with Gasteiger partial charge in [0.2, 0.25) is 10.0 Å². The Labute approximate surface area is 191 Å². The second-order valence-corrected chi connectivity index (χ2v) is 10.3. The Bertz CT molecular complexity index is 1090. The Morgan fingerprint density at radius 3 is 2.57 bits per heavy atom. The van der Waals surface area contributed by atoms with E-state index in [2.05, 4.69) is 14.9 Å². The molecule has 0 unspecified atom stereocenters. The molecule has 30 heavy (non-hydrogen) atoms. The van der Waals surface area contributed by atoms with E-state index in [1.54, 1.807) is 22.8 Å². The summed E-state index contributed by atoms with van der Waals surface area (Å²) in [6.45, 7) is 1.97. The molecule has 0 atom stereocenters. The highest BCUT2D eigenvalue weighted by Crippen LogP contribution is 2.30. The molecule has 0 aliphatic heterocycles. The van der Waals surface area contributed by atoms with E-state index in [9.17, 15) is 8.42 Å². The number of benzene rings is 2. The molecule has 0 radical (unpaired) electrons. The van der Waals surface area contributed by atoms with Crippen molar-refractivity contribution in [1.82, 2.24) is 19.5 Å². The lowest BCUT2D eigenvalue weighted by atomic mass is 10.2. The predicted octanol–water partition coefficient (Wildman–Crippen LogP) is 5.09. The molecule has 3 rings (SSSR count). The van der Waals surface area contributed by atoms with Gasteiger partial charge in [-0.2, -0.15) is 0 Å². The standard InChI is InChI=1S/C20H22Cl2N4O2S2/c1-2-3-11-30(27,28)23-13-19-24-25-20(29-14-15-7-5-4-6-8-15)26(19)18-10-9-16(21)12-17(18)22/h4-10,12,23H,2-3,11,13-14H2,1H3. The first-order valence-corrected chi connectivity index (χ1v) is 12.8. The minimum atomic E-state index is -3.40. The van der Waals surface area contributed by atoms with E-state index >= 15 is 0 Å². The molecule has 0 spiro atoms. The highest BCUT2D eigenvalue weighted by atomic mass is 35.5. The van der Waals surface area contributed by atoms with Crippen LogP contribution in [0.4, 0.5) is 0 Å². The number of rotatable bonds is 10. The van der Waals surface area contributed by atoms with Gasteiger partial charge in [-0.1, -0.05) is 78.6 Å². The molecule has 2 aromatic carbocycles. The zero-order valence-electron chi connectivity index (χ0n) is 16.4. The van der Waals surface area contributed by atoms with Crippen LogP contribution in [0.25, 0.3) is 5.69 Å². The number of nitrogens with zero attached hydrogens (tertiary/aromatic N) is 3. The lowest BCUT2D eigenvalue weighted by Gasteiger charge is -2.13. The molecule has 0 aliphatic rings. The van der Waals surface area contributed by atoms with Crippen molar-refractivity contribution < 1.29 is 8.42 Å². The molecule has 0 fully saturated rings. The third-order valence-electron chi connectivity index (χ3n) is 4.28. The fourth-order valence-corrected chi connectivity index (χ4v) is 5.29. The highest BCUT2D eigenvalue weighted by Gasteiger charge is 2.19. The van der Waals surface area contributed by atoms with E-state index in [0.717, 1.165) is 12.0 Å². The van der Waals surface area contributed by atoms with Gasteiger partial charge in [-0.25, -0.2) is 13.1 Å². The first kappa shape index (κ1) is 23.1. The van der Waals surface area contributed by atoms with Crippen LogP contribution in [0.2, 0.25) is 10.0 Å². The number of nitrogens with one attached hydrogen (secondary N) is 1. The SMILES string of the molecule is CCCCS(=O)(=O)NCc1nnc(SCc2ccccc2)n1-c1ccc(Cl)cc1Cl. The summed E-state index contributed by atoms with van der Waals surface area (Å²) >= 11 is 14.0. The molecule has 3 aromatic rings. The molecule has 0 bridgehead atoms. The van der Waals surface area contributed by atoms with Crippen molar-refractivity contribution in [3.63, 3.8) is 0 Å². The van der Waals surface area contributed by atoms with Crippen LogP contribution in [-0.4, -0.2) is 28.9 Å². The maximum Gasteiger partial charge on any atom is 0.212 e. The fourth-order valence-electron chi connectivity index (χ4n) is 2.72. The fraction of sp³-hybridized carbons (Fsp3) is 0.300. The quantitative estimate of drug-likeness (QED) is 0.405. The number of aromatic nitrogens is 3. The van der Waals surface area contributed by atoms with Crippen molar-refractivity contribution in [3.05, 3.63) is 70.0 Å². The molecule has 160 valence electrons. The van der Waals surface area contributed by atoms with Gasteiger partial charge in [-0.3, -0.25) is 4.57 Å². The van der Waals surface area contributed by atoms with Gasteiger partial charge < -0.3 is 0 Å². The number of sulfonamides is 1. The Hall–Kier alpha value is -1.58. The molecule has 0 saturated heterocycles. The third-order valence-corrected chi connectivity index (χ3v) is 7.23. The van der Waals surface area contributed by atoms with Crippen molar-refractivity contribution in [3.8, 4) is 5.69 Å². The van der Waals surface area contributed by atoms with E-state index in [1.165, 1.54) is 11.8 Å². The minimum absolute atomic E-state index is 0.0178. The number of hydrogen-bond donors (Lipinski definition) is 1. The Balaban J connectivity index is 1.89. The van der Waals surface area contributed by atoms with Gasteiger partial charge in [0.05, 0.1) is 23.0 Å². The Kier molecular flexibility index (Phi) is 8.19. The first-order valence-electron chi connectivity index (χ1n) is 9.43. The molecule has 1 N–H and O–H groups in total. The Morgan fingerprint density at radius 1 is 1.10 bits per heavy atom. The summed E-state index contributed by atoms with van der Waals surface area (Å²) in [6, 6.07) is 15.1. The number of halogens is 2. The van der Waals surface area contributed by atoms with Gasteiger partial charge in [0.1, 0.15) is 0 Å². The molecule has 1 heterocycles. The first-order chi connectivity index (χ1) is 14.4. The van der Waals surface area contributed by atoms with E-state index in [4.69, 9.17) is 23.2 Å². The lowest BCUT2D eigenvalue weighted by molar-refractivity contribution is 0.575. The lowest BCUT2D eigenvalue weighted by Crippen LogP contribution is -2.27. The van der Waals surface area contributed by atoms with Gasteiger partial charge in [0.25, 0.3) is 0 Å². The van der Waals surface area contributed by atoms with Crippen molar-refractivity contribution >= 4 is 45.0 Å². The molecule has 0 amide bonds. The maximum absolute atomic E-state index is 12.2. The van der Waals surface area contributed by atoms with Crippen LogP contribution in [0.3, 0.4) is 0 Å². The second-order valence-electron chi connectivity index (χ2n) is 6.60. The van der Waals surface area contributed by atoms with Crippen molar-refractivity contribution in [2.24, 2.45) is 0 Å². The topological polar surface area (TPSA) is 76.9 Å². The van der Waals surface area contributed by atoms with Gasteiger partial charge in [-0.05, 0) is 30.2 Å². The van der Waals surface area contributed by atoms with Crippen LogP contribution < -0.4 is 4.72 Å². The molecule has 0 aliphatic carbocycles. The van der Waals surface area contributed by atoms with Crippen LogP contribution in [0.15, 0.2) is 53.7 Å². The summed E-state index contributed by atoms with van der Waals surface area (Å²) in [5.74, 6) is 1.22. The summed E-state index contributed by atoms with van der Waals surface area (Å²) in [6.07, 6.45) is 1.40. The van der Waals surface area contributed by atoms with Gasteiger partial charge >= 0.3 is 0 Å². The van der Waals surface area contributed by atoms with Gasteiger partial charge in [-0.15, -0.1) is 10.2 Å². The molecule has 6 nitrogen and oxygen atoms in total. The highest BCUT2D eigenvalue weighted by molar-refractivity contribution is 7.98. The van der Waals surface area contributed by atoms with Crippen molar-refractivity contribution in [1.29, 1.82) is 0 Å². The largest absolute Gasteiger partial charge is 0.271 e. The molecular weight excluding hydrogens is 463 g/mol. The normalized spacial score (nSPS) is 11.7. The summed E-state index contributed by atoms with van der Waals surface area (Å²) in [4.78, 5) is 0. The minimum Gasteiger partial charge on any atom is -0.271 e. The van der Waals surface area contributed by atoms with E-state index in [1.807, 2.05) is 37.3 Å². The van der Waals surface area contributed by atoms with Crippen molar-refractivity contribution in [2.75, 3.05) is 5.75 Å². The number of hydrogen-bond acceptors (Lipinski definition) is 5. The van der Waals surface area contributed by atoms with Crippen LogP contribution in [0, 0.1) is 0 Å². The number of unbranched alkanes of at least 4 members (excludes halogenated alkanes) is 1. The predicted molar refractivity (Wildman–Crippen MR) is 123 cm³/mol. The molecule has 0 saturated carbocycles. The summed E-state index contributed by atoms with van der Waals surface area (Å²) in [7, 11) is -3.40. The zero-order chi connectivity index (χ0) is 21.6. The second kappa shape index (κ2) is 10.6. The smallest absolute Gasteiger partial charge is 0.212 e. The van der Waals surface area contributed by atoms with Crippen molar-refractivity contribution in [2.45, 2.75) is 37.2 Å². The average Bonchev–Trinajstić information content (AvgIpc) is 3.13. The summed E-state index contributed by atoms with van der Waals surface area (Å²) < 4.78 is 28.8. The van der Waals surface area contributed by atoms with E-state index in [-0.39, 0.29) is 12.3 Å². The Morgan fingerprint density at radius 2 is 1.87 bits per heavy atom. The third kappa shape index (κ3) is 6.21. The maximum atomic E-state index is 12.2. The molecule has 10 heteroatoms. The van der Waals surface area contributed by atoms with Crippen LogP contribution >= 0.6 is 35.0 Å². The van der Waals surface area contributed by atoms with E-state index in [0.29, 0.717) is 38.9 Å². The summed E-state index contributed by atoms with van der Waals surface area (Å²) in [5.41, 5.74) is 1.78. The van der Waals surface area contributed by atoms with Gasteiger partial charge in [0.15, 0.2) is 11.0 Å². The molecule has 1 aromatic heterocycles. The van der Waals surface area contributed by atoms with Crippen LogP contribution in [0.5, 0.6) is 0 Å². The average molecular weight is 485 g/mol. The van der Waals surface area contributed by atoms with E-state index < -0.39 is 10.0 Å². The van der Waals surface area contributed by atoms with Crippen LogP contribution in [0.1, 0.15) is 31.2 Å². The molecular formula is C20H22Cl2N4O2S2.